The lowest BCUT2D eigenvalue weighted by Gasteiger charge is -2.41. The molecule has 3 N–H and O–H groups in total. The third kappa shape index (κ3) is 5.07. The molecule has 1 unspecified atom stereocenters. The van der Waals surface area contributed by atoms with Crippen LogP contribution in [-0.2, 0) is 4.79 Å². The van der Waals surface area contributed by atoms with Crippen molar-refractivity contribution in [3.63, 3.8) is 0 Å². The molecule has 0 bridgehead atoms. The van der Waals surface area contributed by atoms with E-state index >= 15 is 0 Å². The highest BCUT2D eigenvalue weighted by atomic mass is 19.1. The van der Waals surface area contributed by atoms with Gasteiger partial charge in [-0.15, -0.1) is 0 Å². The van der Waals surface area contributed by atoms with Crippen LogP contribution in [0.1, 0.15) is 24.1 Å². The molecular weight excluding hydrogens is 464 g/mol. The predicted octanol–water partition coefficient (Wildman–Crippen LogP) is 3.87. The van der Waals surface area contributed by atoms with Crippen LogP contribution in [0.5, 0.6) is 0 Å². The summed E-state index contributed by atoms with van der Waals surface area (Å²) in [6, 6.07) is 17.5. The van der Waals surface area contributed by atoms with Gasteiger partial charge >= 0.3 is 5.69 Å². The first kappa shape index (κ1) is 23.9. The summed E-state index contributed by atoms with van der Waals surface area (Å²) in [5, 5.41) is 2.94. The second-order valence-electron chi connectivity index (χ2n) is 9.08. The highest BCUT2D eigenvalue weighted by molar-refractivity contribution is 5.96. The molecule has 1 fully saturated rings. The van der Waals surface area contributed by atoms with Crippen LogP contribution < -0.4 is 11.0 Å². The van der Waals surface area contributed by atoms with Crippen molar-refractivity contribution in [1.82, 2.24) is 19.8 Å². The molecule has 0 aliphatic carbocycles. The average Bonchev–Trinajstić information content (AvgIpc) is 3.25. The monoisotopic (exact) mass is 491 g/mol. The van der Waals surface area contributed by atoms with Crippen LogP contribution in [0.4, 0.5) is 14.5 Å². The zero-order valence-electron chi connectivity index (χ0n) is 19.8. The van der Waals surface area contributed by atoms with Gasteiger partial charge in [0.15, 0.2) is 0 Å². The number of amides is 1. The van der Waals surface area contributed by atoms with Gasteiger partial charge in [0.05, 0.1) is 23.1 Å². The Bertz CT molecular complexity index is 1360. The fourth-order valence-corrected chi connectivity index (χ4v) is 4.81. The minimum Gasteiger partial charge on any atom is -0.325 e. The van der Waals surface area contributed by atoms with Crippen molar-refractivity contribution in [3.05, 3.63) is 100.0 Å². The van der Waals surface area contributed by atoms with E-state index in [9.17, 15) is 18.4 Å². The molecule has 3 aromatic carbocycles. The van der Waals surface area contributed by atoms with Crippen molar-refractivity contribution in [1.29, 1.82) is 0 Å². The number of hydrogen-bond donors (Lipinski definition) is 3. The Morgan fingerprint density at radius 1 is 0.806 bits per heavy atom. The number of carbonyl (C=O) groups is 1. The van der Waals surface area contributed by atoms with Gasteiger partial charge in [-0.3, -0.25) is 14.6 Å². The largest absolute Gasteiger partial charge is 0.325 e. The highest BCUT2D eigenvalue weighted by Crippen LogP contribution is 2.30. The molecule has 4 aromatic rings. The molecular formula is C27H27F2N5O2. The van der Waals surface area contributed by atoms with Crippen molar-refractivity contribution in [3.8, 4) is 0 Å². The number of aromatic nitrogens is 2. The highest BCUT2D eigenvalue weighted by Gasteiger charge is 2.30. The van der Waals surface area contributed by atoms with Crippen molar-refractivity contribution in [2.75, 3.05) is 31.5 Å². The molecule has 0 saturated carbocycles. The number of aromatic amines is 2. The summed E-state index contributed by atoms with van der Waals surface area (Å²) >= 11 is 0. The van der Waals surface area contributed by atoms with E-state index in [0.29, 0.717) is 42.9 Å². The van der Waals surface area contributed by atoms with Crippen LogP contribution in [0.25, 0.3) is 11.0 Å². The number of rotatable bonds is 6. The van der Waals surface area contributed by atoms with E-state index < -0.39 is 0 Å². The van der Waals surface area contributed by atoms with E-state index in [1.54, 1.807) is 42.5 Å². The van der Waals surface area contributed by atoms with Crippen LogP contribution in [0.2, 0.25) is 0 Å². The molecule has 9 heteroatoms. The number of nitrogens with one attached hydrogen (secondary N) is 3. The molecule has 0 radical (unpaired) electrons. The van der Waals surface area contributed by atoms with Crippen LogP contribution >= 0.6 is 0 Å². The van der Waals surface area contributed by atoms with Crippen molar-refractivity contribution in [2.45, 2.75) is 19.0 Å². The summed E-state index contributed by atoms with van der Waals surface area (Å²) in [5.41, 5.74) is 3.49. The number of imidazole rings is 1. The van der Waals surface area contributed by atoms with Crippen LogP contribution in [0.15, 0.2) is 71.5 Å². The predicted molar refractivity (Wildman–Crippen MR) is 135 cm³/mol. The van der Waals surface area contributed by atoms with E-state index in [1.165, 1.54) is 24.3 Å². The van der Waals surface area contributed by atoms with Crippen LogP contribution in [0.3, 0.4) is 0 Å². The summed E-state index contributed by atoms with van der Waals surface area (Å²) in [5.74, 6) is -0.735. The topological polar surface area (TPSA) is 84.2 Å². The SMILES string of the molecule is CC(C(=O)Nc1ccc2[nH]c(=O)[nH]c2c1)N1CCN(C(c2ccc(F)cc2)c2ccc(F)cc2)CC1. The number of fused-ring (bicyclic) bond motifs is 1. The van der Waals surface area contributed by atoms with Gasteiger partial charge in [-0.05, 0) is 60.5 Å². The maximum absolute atomic E-state index is 13.6. The number of nitrogens with zero attached hydrogens (tertiary/aromatic N) is 2. The second-order valence-corrected chi connectivity index (χ2v) is 9.08. The number of benzene rings is 3. The van der Waals surface area contributed by atoms with Crippen molar-refractivity contribution in [2.24, 2.45) is 0 Å². The summed E-state index contributed by atoms with van der Waals surface area (Å²) in [6.07, 6.45) is 0. The first-order valence-electron chi connectivity index (χ1n) is 11.9. The third-order valence-electron chi connectivity index (χ3n) is 6.80. The lowest BCUT2D eigenvalue weighted by molar-refractivity contribution is -0.121. The first-order valence-corrected chi connectivity index (χ1v) is 11.9. The fraction of sp³-hybridized carbons (Fsp3) is 0.259. The lowest BCUT2D eigenvalue weighted by Crippen LogP contribution is -2.53. The van der Waals surface area contributed by atoms with E-state index in [-0.39, 0.29) is 35.3 Å². The van der Waals surface area contributed by atoms with Gasteiger partial charge in [0, 0.05) is 31.9 Å². The summed E-state index contributed by atoms with van der Waals surface area (Å²) in [4.78, 5) is 34.2. The number of carbonyl (C=O) groups excluding carboxylic acids is 1. The molecule has 7 nitrogen and oxygen atoms in total. The lowest BCUT2D eigenvalue weighted by atomic mass is 9.96. The molecule has 1 amide bonds. The Morgan fingerprint density at radius 3 is 1.92 bits per heavy atom. The van der Waals surface area contributed by atoms with Gasteiger partial charge in [0.25, 0.3) is 0 Å². The summed E-state index contributed by atoms with van der Waals surface area (Å²) in [6.45, 7) is 4.58. The summed E-state index contributed by atoms with van der Waals surface area (Å²) < 4.78 is 27.1. The molecule has 1 atom stereocenters. The normalized spacial score (nSPS) is 15.9. The Balaban J connectivity index is 1.26. The smallest absolute Gasteiger partial charge is 0.323 e. The third-order valence-corrected chi connectivity index (χ3v) is 6.80. The molecule has 1 aliphatic heterocycles. The minimum atomic E-state index is -0.358. The van der Waals surface area contributed by atoms with Crippen LogP contribution in [0, 0.1) is 11.6 Å². The number of halogens is 2. The standard InChI is InChI=1S/C27H27F2N5O2/c1-17(26(35)30-22-10-11-23-24(16-22)32-27(36)31-23)33-12-14-34(15-13-33)25(18-2-6-20(28)7-3-18)19-4-8-21(29)9-5-19/h2-11,16-17,25H,12-15H2,1H3,(H,30,35)(H2,31,32,36). The van der Waals surface area contributed by atoms with Crippen molar-refractivity contribution >= 4 is 22.6 Å². The van der Waals surface area contributed by atoms with E-state index in [4.69, 9.17) is 0 Å². The average molecular weight is 492 g/mol. The molecule has 1 saturated heterocycles. The molecule has 1 aromatic heterocycles. The number of anilines is 1. The van der Waals surface area contributed by atoms with E-state index in [2.05, 4.69) is 25.1 Å². The van der Waals surface area contributed by atoms with Gasteiger partial charge in [-0.1, -0.05) is 24.3 Å². The molecule has 36 heavy (non-hydrogen) atoms. The Morgan fingerprint density at radius 2 is 1.33 bits per heavy atom. The quantitative estimate of drug-likeness (QED) is 0.382. The van der Waals surface area contributed by atoms with Gasteiger partial charge in [0.1, 0.15) is 11.6 Å². The number of hydrogen-bond acceptors (Lipinski definition) is 4. The first-order chi connectivity index (χ1) is 17.4. The van der Waals surface area contributed by atoms with E-state index in [1.807, 2.05) is 6.92 Å². The molecule has 2 heterocycles. The maximum Gasteiger partial charge on any atom is 0.323 e. The maximum atomic E-state index is 13.6. The van der Waals surface area contributed by atoms with Gasteiger partial charge in [-0.2, -0.15) is 0 Å². The molecule has 0 spiro atoms. The van der Waals surface area contributed by atoms with Gasteiger partial charge in [-0.25, -0.2) is 13.6 Å². The van der Waals surface area contributed by atoms with Gasteiger partial charge < -0.3 is 15.3 Å². The Kier molecular flexibility index (Phi) is 6.67. The fourth-order valence-electron chi connectivity index (χ4n) is 4.81. The van der Waals surface area contributed by atoms with Crippen LogP contribution in [-0.4, -0.2) is 57.9 Å². The summed E-state index contributed by atoms with van der Waals surface area (Å²) in [7, 11) is 0. The Labute approximate surface area is 206 Å². The molecule has 1 aliphatic rings. The van der Waals surface area contributed by atoms with Crippen molar-refractivity contribution < 1.29 is 13.6 Å². The number of piperazine rings is 1. The zero-order valence-corrected chi connectivity index (χ0v) is 19.8. The zero-order chi connectivity index (χ0) is 25.2. The second kappa shape index (κ2) is 10.0. The van der Waals surface area contributed by atoms with Gasteiger partial charge in [0.2, 0.25) is 5.91 Å². The molecule has 186 valence electrons. The minimum absolute atomic E-state index is 0.130. The Hall–Kier alpha value is -3.82. The molecule has 5 rings (SSSR count). The number of H-pyrrole nitrogens is 2. The van der Waals surface area contributed by atoms with E-state index in [0.717, 1.165) is 11.1 Å².